The lowest BCUT2D eigenvalue weighted by Gasteiger charge is -2.20. The molecule has 1 aliphatic rings. The van der Waals surface area contributed by atoms with Gasteiger partial charge in [0.25, 0.3) is 0 Å². The monoisotopic (exact) mass is 298 g/mol. The topological polar surface area (TPSA) is 51.1 Å². The number of likely N-dealkylation sites (N-methyl/N-ethyl adjacent to an activating group) is 1. The van der Waals surface area contributed by atoms with E-state index in [0.717, 1.165) is 48.2 Å². The van der Waals surface area contributed by atoms with Crippen molar-refractivity contribution in [1.29, 1.82) is 0 Å². The van der Waals surface area contributed by atoms with Crippen LogP contribution in [0.2, 0.25) is 0 Å². The third kappa shape index (κ3) is 3.09. The number of ether oxygens (including phenoxy) is 1. The van der Waals surface area contributed by atoms with E-state index < -0.39 is 0 Å². The zero-order valence-corrected chi connectivity index (χ0v) is 13.6. The van der Waals surface area contributed by atoms with Crippen molar-refractivity contribution in [2.45, 2.75) is 39.8 Å². The normalized spacial score (nSPS) is 16.7. The summed E-state index contributed by atoms with van der Waals surface area (Å²) in [5.41, 5.74) is 4.53. The molecule has 1 atom stereocenters. The van der Waals surface area contributed by atoms with E-state index in [4.69, 9.17) is 4.74 Å². The first kappa shape index (κ1) is 14.9. The van der Waals surface area contributed by atoms with Crippen LogP contribution in [0.3, 0.4) is 0 Å². The molecule has 0 amide bonds. The van der Waals surface area contributed by atoms with E-state index in [9.17, 15) is 0 Å². The maximum absolute atomic E-state index is 5.99. The Labute approximate surface area is 131 Å². The zero-order chi connectivity index (χ0) is 15.7. The van der Waals surface area contributed by atoms with E-state index in [1.807, 2.05) is 26.1 Å². The molecular formula is C17H22N4O. The molecule has 3 rings (SSSR count). The van der Waals surface area contributed by atoms with Crippen LogP contribution in [0, 0.1) is 20.8 Å². The fourth-order valence-corrected chi connectivity index (χ4v) is 2.92. The van der Waals surface area contributed by atoms with Gasteiger partial charge in [0.1, 0.15) is 11.9 Å². The molecule has 1 unspecified atom stereocenters. The third-order valence-corrected chi connectivity index (χ3v) is 4.05. The molecule has 0 aromatic carbocycles. The first-order chi connectivity index (χ1) is 10.5. The van der Waals surface area contributed by atoms with Crippen molar-refractivity contribution in [3.05, 3.63) is 46.7 Å². The van der Waals surface area contributed by atoms with Crippen molar-refractivity contribution in [1.82, 2.24) is 19.9 Å². The average molecular weight is 298 g/mol. The van der Waals surface area contributed by atoms with Gasteiger partial charge in [-0.2, -0.15) is 4.98 Å². The second-order valence-electron chi connectivity index (χ2n) is 6.05. The van der Waals surface area contributed by atoms with E-state index in [-0.39, 0.29) is 6.10 Å². The van der Waals surface area contributed by atoms with Crippen molar-refractivity contribution in [2.24, 2.45) is 0 Å². The Bertz CT molecular complexity index is 686. The van der Waals surface area contributed by atoms with Crippen LogP contribution in [0.25, 0.3) is 0 Å². The SMILES string of the molecule is Cc1nc(C)c2c(n1)OC(CN(C)Cc1ncccc1C)C2. The highest BCUT2D eigenvalue weighted by Crippen LogP contribution is 2.28. The first-order valence-corrected chi connectivity index (χ1v) is 7.62. The number of rotatable bonds is 4. The summed E-state index contributed by atoms with van der Waals surface area (Å²) in [6.07, 6.45) is 2.87. The van der Waals surface area contributed by atoms with Gasteiger partial charge in [-0.1, -0.05) is 6.07 Å². The molecule has 0 radical (unpaired) electrons. The Kier molecular flexibility index (Phi) is 4.07. The van der Waals surface area contributed by atoms with Crippen molar-refractivity contribution in [3.8, 4) is 5.88 Å². The molecule has 0 N–H and O–H groups in total. The molecule has 116 valence electrons. The lowest BCUT2D eigenvalue weighted by atomic mass is 10.1. The molecule has 0 saturated carbocycles. The number of pyridine rings is 1. The summed E-state index contributed by atoms with van der Waals surface area (Å²) in [6, 6.07) is 4.07. The van der Waals surface area contributed by atoms with Gasteiger partial charge >= 0.3 is 0 Å². The van der Waals surface area contributed by atoms with E-state index in [1.54, 1.807) is 0 Å². The molecule has 0 saturated heterocycles. The molecule has 5 heteroatoms. The highest BCUT2D eigenvalue weighted by Gasteiger charge is 2.27. The van der Waals surface area contributed by atoms with Crippen LogP contribution in [0.1, 0.15) is 28.3 Å². The highest BCUT2D eigenvalue weighted by atomic mass is 16.5. The summed E-state index contributed by atoms with van der Waals surface area (Å²) in [4.78, 5) is 15.5. The van der Waals surface area contributed by atoms with Crippen LogP contribution < -0.4 is 4.74 Å². The molecule has 0 bridgehead atoms. The number of hydrogen-bond acceptors (Lipinski definition) is 5. The molecule has 22 heavy (non-hydrogen) atoms. The standard InChI is InChI=1S/C17H22N4O/c1-11-6-5-7-18-16(11)10-21(4)9-14-8-15-12(2)19-13(3)20-17(15)22-14/h5-7,14H,8-10H2,1-4H3. The average Bonchev–Trinajstić information content (AvgIpc) is 2.84. The Morgan fingerprint density at radius 3 is 2.86 bits per heavy atom. The van der Waals surface area contributed by atoms with Gasteiger partial charge in [0.2, 0.25) is 5.88 Å². The Balaban J connectivity index is 1.63. The number of aromatic nitrogens is 3. The quantitative estimate of drug-likeness (QED) is 0.866. The van der Waals surface area contributed by atoms with E-state index in [1.165, 1.54) is 5.56 Å². The second kappa shape index (κ2) is 6.01. The van der Waals surface area contributed by atoms with Gasteiger partial charge in [-0.05, 0) is 39.4 Å². The first-order valence-electron chi connectivity index (χ1n) is 7.62. The number of hydrogen-bond donors (Lipinski definition) is 0. The summed E-state index contributed by atoms with van der Waals surface area (Å²) in [7, 11) is 2.10. The summed E-state index contributed by atoms with van der Waals surface area (Å²) in [5.74, 6) is 1.53. The molecule has 0 aliphatic carbocycles. The molecule has 1 aliphatic heterocycles. The van der Waals surface area contributed by atoms with Gasteiger partial charge < -0.3 is 4.74 Å². The summed E-state index contributed by atoms with van der Waals surface area (Å²) in [5, 5.41) is 0. The number of fused-ring (bicyclic) bond motifs is 1. The third-order valence-electron chi connectivity index (χ3n) is 4.05. The molecule has 2 aromatic heterocycles. The van der Waals surface area contributed by atoms with Gasteiger partial charge in [0.05, 0.1) is 5.69 Å². The number of aryl methyl sites for hydroxylation is 3. The predicted octanol–water partition coefficient (Wildman–Crippen LogP) is 2.23. The van der Waals surface area contributed by atoms with Crippen molar-refractivity contribution < 1.29 is 4.74 Å². The molecular weight excluding hydrogens is 276 g/mol. The van der Waals surface area contributed by atoms with Crippen LogP contribution in [-0.2, 0) is 13.0 Å². The van der Waals surface area contributed by atoms with Gasteiger partial charge in [-0.25, -0.2) is 4.98 Å². The molecule has 3 heterocycles. The van der Waals surface area contributed by atoms with Gasteiger partial charge in [0.15, 0.2) is 0 Å². The Hall–Kier alpha value is -2.01. The lowest BCUT2D eigenvalue weighted by Crippen LogP contribution is -2.32. The van der Waals surface area contributed by atoms with Crippen molar-refractivity contribution in [2.75, 3.05) is 13.6 Å². The van der Waals surface area contributed by atoms with Crippen LogP contribution in [-0.4, -0.2) is 39.5 Å². The molecule has 0 fully saturated rings. The molecule has 2 aromatic rings. The van der Waals surface area contributed by atoms with Crippen LogP contribution >= 0.6 is 0 Å². The predicted molar refractivity (Wildman–Crippen MR) is 84.9 cm³/mol. The highest BCUT2D eigenvalue weighted by molar-refractivity contribution is 5.34. The fourth-order valence-electron chi connectivity index (χ4n) is 2.92. The number of nitrogens with zero attached hydrogens (tertiary/aromatic N) is 4. The minimum absolute atomic E-state index is 0.138. The van der Waals surface area contributed by atoms with E-state index >= 15 is 0 Å². The lowest BCUT2D eigenvalue weighted by molar-refractivity contribution is 0.160. The minimum Gasteiger partial charge on any atom is -0.472 e. The smallest absolute Gasteiger partial charge is 0.220 e. The van der Waals surface area contributed by atoms with Crippen molar-refractivity contribution >= 4 is 0 Å². The van der Waals surface area contributed by atoms with Gasteiger partial charge in [0, 0.05) is 37.0 Å². The second-order valence-corrected chi connectivity index (χ2v) is 6.05. The van der Waals surface area contributed by atoms with Crippen LogP contribution in [0.5, 0.6) is 5.88 Å². The fraction of sp³-hybridized carbons (Fsp3) is 0.471. The summed E-state index contributed by atoms with van der Waals surface area (Å²) >= 11 is 0. The molecule has 0 spiro atoms. The largest absolute Gasteiger partial charge is 0.472 e. The Morgan fingerprint density at radius 2 is 2.09 bits per heavy atom. The zero-order valence-electron chi connectivity index (χ0n) is 13.6. The van der Waals surface area contributed by atoms with Crippen molar-refractivity contribution in [3.63, 3.8) is 0 Å². The minimum atomic E-state index is 0.138. The summed E-state index contributed by atoms with van der Waals surface area (Å²) < 4.78 is 5.99. The summed E-state index contributed by atoms with van der Waals surface area (Å²) in [6.45, 7) is 7.71. The Morgan fingerprint density at radius 1 is 1.27 bits per heavy atom. The van der Waals surface area contributed by atoms with E-state index in [2.05, 4.69) is 39.9 Å². The molecule has 5 nitrogen and oxygen atoms in total. The maximum Gasteiger partial charge on any atom is 0.220 e. The van der Waals surface area contributed by atoms with Gasteiger partial charge in [-0.3, -0.25) is 9.88 Å². The van der Waals surface area contributed by atoms with Gasteiger partial charge in [-0.15, -0.1) is 0 Å². The van der Waals surface area contributed by atoms with Crippen LogP contribution in [0.4, 0.5) is 0 Å². The van der Waals surface area contributed by atoms with Crippen LogP contribution in [0.15, 0.2) is 18.3 Å². The van der Waals surface area contributed by atoms with E-state index in [0.29, 0.717) is 0 Å². The maximum atomic E-state index is 5.99.